The minimum Gasteiger partial charge on any atom is -0.481 e. The van der Waals surface area contributed by atoms with Crippen molar-refractivity contribution in [3.05, 3.63) is 0 Å². The van der Waals surface area contributed by atoms with Gasteiger partial charge >= 0.3 is 11.9 Å². The molecule has 1 fully saturated rings. The van der Waals surface area contributed by atoms with Gasteiger partial charge in [0.1, 0.15) is 6.04 Å². The molecule has 6 nitrogen and oxygen atoms in total. The maximum Gasteiger partial charge on any atom is 0.328 e. The summed E-state index contributed by atoms with van der Waals surface area (Å²) in [6.07, 6.45) is 2.05. The Morgan fingerprint density at radius 3 is 2.61 bits per heavy atom. The molecule has 0 spiro atoms. The summed E-state index contributed by atoms with van der Waals surface area (Å²) in [7, 11) is 0. The molecule has 0 radical (unpaired) electrons. The summed E-state index contributed by atoms with van der Waals surface area (Å²) in [4.78, 5) is 35.5. The van der Waals surface area contributed by atoms with Crippen molar-refractivity contribution >= 4 is 17.8 Å². The molecular formula is C12H19NO5. The lowest BCUT2D eigenvalue weighted by atomic mass is 10.0. The Kier molecular flexibility index (Phi) is 5.61. The fraction of sp³-hybridized carbons (Fsp3) is 0.750. The Bertz CT molecular complexity index is 328. The quantitative estimate of drug-likeness (QED) is 0.736. The van der Waals surface area contributed by atoms with Crippen LogP contribution in [0.1, 0.15) is 39.0 Å². The molecule has 0 saturated carbocycles. The largest absolute Gasteiger partial charge is 0.481 e. The average molecular weight is 257 g/mol. The molecule has 0 aromatic heterocycles. The third kappa shape index (κ3) is 4.01. The highest BCUT2D eigenvalue weighted by atomic mass is 16.5. The highest BCUT2D eigenvalue weighted by Gasteiger charge is 2.32. The molecule has 1 aliphatic rings. The number of carbonyl (C=O) groups is 3. The number of hydrogen-bond donors (Lipinski definition) is 1. The minimum atomic E-state index is -1.01. The van der Waals surface area contributed by atoms with Gasteiger partial charge in [0.2, 0.25) is 5.91 Å². The summed E-state index contributed by atoms with van der Waals surface area (Å²) in [5, 5.41) is 8.56. The summed E-state index contributed by atoms with van der Waals surface area (Å²) >= 11 is 0. The van der Waals surface area contributed by atoms with E-state index in [0.717, 1.165) is 12.8 Å². The lowest BCUT2D eigenvalue weighted by Gasteiger charge is -2.34. The molecule has 1 saturated heterocycles. The minimum absolute atomic E-state index is 0.0642. The van der Waals surface area contributed by atoms with Crippen LogP contribution in [0, 0.1) is 0 Å². The van der Waals surface area contributed by atoms with E-state index < -0.39 is 12.0 Å². The Balaban J connectivity index is 2.60. The molecule has 1 N–H and O–H groups in total. The first-order valence-corrected chi connectivity index (χ1v) is 6.24. The monoisotopic (exact) mass is 257 g/mol. The molecular weight excluding hydrogens is 238 g/mol. The van der Waals surface area contributed by atoms with Gasteiger partial charge in [-0.25, -0.2) is 4.79 Å². The van der Waals surface area contributed by atoms with Crippen LogP contribution in [0.3, 0.4) is 0 Å². The molecule has 102 valence electrons. The number of piperidine rings is 1. The van der Waals surface area contributed by atoms with Gasteiger partial charge < -0.3 is 14.7 Å². The lowest BCUT2D eigenvalue weighted by molar-refractivity contribution is -0.157. The Morgan fingerprint density at radius 1 is 1.28 bits per heavy atom. The predicted octanol–water partition coefficient (Wildman–Crippen LogP) is 0.795. The average Bonchev–Trinajstić information content (AvgIpc) is 2.36. The molecule has 1 rings (SSSR count). The molecule has 1 atom stereocenters. The number of rotatable bonds is 5. The number of esters is 1. The fourth-order valence-corrected chi connectivity index (χ4v) is 2.07. The van der Waals surface area contributed by atoms with Gasteiger partial charge in [0, 0.05) is 13.0 Å². The number of nitrogens with zero attached hydrogens (tertiary/aromatic N) is 1. The number of carboxylic acids is 1. The molecule has 0 aromatic carbocycles. The SMILES string of the molecule is CCOC(=O)C1CCCCN1C(=O)CCC(=O)O. The molecule has 0 bridgehead atoms. The number of hydrogen-bond acceptors (Lipinski definition) is 4. The van der Waals surface area contributed by atoms with Crippen molar-refractivity contribution in [2.75, 3.05) is 13.2 Å². The van der Waals surface area contributed by atoms with Gasteiger partial charge in [0.05, 0.1) is 13.0 Å². The first-order chi connectivity index (χ1) is 8.56. The van der Waals surface area contributed by atoms with Crippen LogP contribution in [0.2, 0.25) is 0 Å². The number of ether oxygens (including phenoxy) is 1. The number of aliphatic carboxylic acids is 1. The summed E-state index contributed by atoms with van der Waals surface area (Å²) < 4.78 is 4.94. The maximum atomic E-state index is 11.9. The van der Waals surface area contributed by atoms with Crippen LogP contribution in [0.25, 0.3) is 0 Å². The third-order valence-corrected chi connectivity index (χ3v) is 2.93. The van der Waals surface area contributed by atoms with E-state index in [2.05, 4.69) is 0 Å². The van der Waals surface area contributed by atoms with Crippen LogP contribution in [0.4, 0.5) is 0 Å². The first-order valence-electron chi connectivity index (χ1n) is 6.24. The highest BCUT2D eigenvalue weighted by molar-refractivity contribution is 5.86. The van der Waals surface area contributed by atoms with E-state index >= 15 is 0 Å². The van der Waals surface area contributed by atoms with Crippen LogP contribution in [-0.2, 0) is 19.1 Å². The summed E-state index contributed by atoms with van der Waals surface area (Å²) in [5.41, 5.74) is 0. The normalized spacial score (nSPS) is 19.4. The smallest absolute Gasteiger partial charge is 0.328 e. The number of likely N-dealkylation sites (tertiary alicyclic amines) is 1. The van der Waals surface area contributed by atoms with Crippen molar-refractivity contribution < 1.29 is 24.2 Å². The summed E-state index contributed by atoms with van der Waals surface area (Å²) in [5.74, 6) is -1.68. The zero-order chi connectivity index (χ0) is 13.5. The predicted molar refractivity (Wildman–Crippen MR) is 62.9 cm³/mol. The number of carboxylic acid groups (broad SMARTS) is 1. The van der Waals surface area contributed by atoms with Crippen molar-refractivity contribution in [1.82, 2.24) is 4.90 Å². The molecule has 0 aliphatic carbocycles. The van der Waals surface area contributed by atoms with Crippen molar-refractivity contribution in [2.24, 2.45) is 0 Å². The van der Waals surface area contributed by atoms with Gasteiger partial charge in [-0.1, -0.05) is 0 Å². The van der Waals surface area contributed by atoms with Crippen molar-refractivity contribution in [3.8, 4) is 0 Å². The van der Waals surface area contributed by atoms with Crippen LogP contribution in [-0.4, -0.2) is 47.0 Å². The molecule has 1 heterocycles. The lowest BCUT2D eigenvalue weighted by Crippen LogP contribution is -2.48. The second-order valence-electron chi connectivity index (χ2n) is 4.24. The number of carbonyl (C=O) groups excluding carboxylic acids is 2. The van der Waals surface area contributed by atoms with Gasteiger partial charge in [-0.2, -0.15) is 0 Å². The number of amides is 1. The van der Waals surface area contributed by atoms with Crippen LogP contribution in [0.5, 0.6) is 0 Å². The zero-order valence-electron chi connectivity index (χ0n) is 10.6. The van der Waals surface area contributed by atoms with E-state index in [-0.39, 0.29) is 31.3 Å². The van der Waals surface area contributed by atoms with E-state index in [9.17, 15) is 14.4 Å². The molecule has 1 unspecified atom stereocenters. The van der Waals surface area contributed by atoms with Crippen LogP contribution in [0.15, 0.2) is 0 Å². The topological polar surface area (TPSA) is 83.9 Å². The van der Waals surface area contributed by atoms with E-state index in [1.807, 2.05) is 0 Å². The van der Waals surface area contributed by atoms with E-state index in [4.69, 9.17) is 9.84 Å². The summed E-state index contributed by atoms with van der Waals surface area (Å²) in [6.45, 7) is 2.51. The highest BCUT2D eigenvalue weighted by Crippen LogP contribution is 2.19. The fourth-order valence-electron chi connectivity index (χ4n) is 2.07. The summed E-state index contributed by atoms with van der Waals surface area (Å²) in [6, 6.07) is -0.542. The third-order valence-electron chi connectivity index (χ3n) is 2.93. The van der Waals surface area contributed by atoms with Gasteiger partial charge in [0.25, 0.3) is 0 Å². The Labute approximate surface area is 106 Å². The Hall–Kier alpha value is -1.59. The van der Waals surface area contributed by atoms with Gasteiger partial charge in [-0.05, 0) is 26.2 Å². The van der Waals surface area contributed by atoms with Crippen LogP contribution >= 0.6 is 0 Å². The van der Waals surface area contributed by atoms with Gasteiger partial charge in [-0.3, -0.25) is 9.59 Å². The molecule has 1 aliphatic heterocycles. The molecule has 18 heavy (non-hydrogen) atoms. The second-order valence-corrected chi connectivity index (χ2v) is 4.24. The van der Waals surface area contributed by atoms with Gasteiger partial charge in [-0.15, -0.1) is 0 Å². The van der Waals surface area contributed by atoms with Crippen molar-refractivity contribution in [3.63, 3.8) is 0 Å². The van der Waals surface area contributed by atoms with E-state index in [0.29, 0.717) is 13.0 Å². The van der Waals surface area contributed by atoms with Crippen molar-refractivity contribution in [2.45, 2.75) is 45.1 Å². The molecule has 6 heteroatoms. The molecule has 0 aromatic rings. The second kappa shape index (κ2) is 6.98. The zero-order valence-corrected chi connectivity index (χ0v) is 10.6. The van der Waals surface area contributed by atoms with E-state index in [1.165, 1.54) is 4.90 Å². The first kappa shape index (κ1) is 14.5. The van der Waals surface area contributed by atoms with Crippen LogP contribution < -0.4 is 0 Å². The Morgan fingerprint density at radius 2 is 2.00 bits per heavy atom. The molecule has 1 amide bonds. The van der Waals surface area contributed by atoms with Crippen molar-refractivity contribution in [1.29, 1.82) is 0 Å². The maximum absolute atomic E-state index is 11.9. The standard InChI is InChI=1S/C12H19NO5/c1-2-18-12(17)9-5-3-4-8-13(9)10(14)6-7-11(15)16/h9H,2-8H2,1H3,(H,15,16). The van der Waals surface area contributed by atoms with Gasteiger partial charge in [0.15, 0.2) is 0 Å². The van der Waals surface area contributed by atoms with E-state index in [1.54, 1.807) is 6.92 Å².